The maximum absolute atomic E-state index is 12.5. The van der Waals surface area contributed by atoms with Crippen molar-refractivity contribution in [1.82, 2.24) is 4.90 Å². The van der Waals surface area contributed by atoms with Crippen LogP contribution in [-0.2, 0) is 14.3 Å². The minimum atomic E-state index is -0.552. The van der Waals surface area contributed by atoms with Gasteiger partial charge in [-0.15, -0.1) is 0 Å². The van der Waals surface area contributed by atoms with Crippen LogP contribution in [0.15, 0.2) is 11.6 Å². The van der Waals surface area contributed by atoms with E-state index < -0.39 is 5.41 Å². The summed E-state index contributed by atoms with van der Waals surface area (Å²) in [6, 6.07) is 2.04. The number of piperidine rings is 1. The lowest BCUT2D eigenvalue weighted by Crippen LogP contribution is -2.58. The molecule has 0 aromatic heterocycles. The van der Waals surface area contributed by atoms with E-state index in [1.807, 2.05) is 30.9 Å². The lowest BCUT2D eigenvalue weighted by Gasteiger charge is -2.53. The van der Waals surface area contributed by atoms with E-state index in [9.17, 15) is 14.9 Å². The van der Waals surface area contributed by atoms with E-state index in [1.54, 1.807) is 0 Å². The number of amides is 1. The maximum Gasteiger partial charge on any atom is 0.230 e. The predicted molar refractivity (Wildman–Crippen MR) is 79.6 cm³/mol. The van der Waals surface area contributed by atoms with E-state index >= 15 is 0 Å². The number of nitrogens with zero attached hydrogens (tertiary/aromatic N) is 2. The number of hydrogen-bond acceptors (Lipinski definition) is 4. The Bertz CT molecular complexity index is 598. The molecular weight excluding hydrogens is 280 g/mol. The molecule has 1 amide bonds. The van der Waals surface area contributed by atoms with E-state index in [1.165, 1.54) is 0 Å². The van der Waals surface area contributed by atoms with Crippen molar-refractivity contribution in [3.05, 3.63) is 11.6 Å². The first-order valence-electron chi connectivity index (χ1n) is 7.84. The van der Waals surface area contributed by atoms with Gasteiger partial charge in [0.05, 0.1) is 24.7 Å². The number of fused-ring (bicyclic) bond motifs is 1. The number of carbonyl (C=O) groups excluding carboxylic acids is 2. The molecule has 0 radical (unpaired) electrons. The molecule has 0 spiro atoms. The van der Waals surface area contributed by atoms with Gasteiger partial charge in [0.2, 0.25) is 5.91 Å². The number of rotatable bonds is 1. The molecule has 0 aromatic carbocycles. The molecule has 2 aliphatic heterocycles. The number of Topliss-reactive ketones (excluding diaryl/α,β-unsaturated/α-hetero) is 1. The van der Waals surface area contributed by atoms with Crippen molar-refractivity contribution < 1.29 is 14.3 Å². The Morgan fingerprint density at radius 3 is 2.64 bits per heavy atom. The number of allylic oxidation sites excluding steroid dienone is 1. The van der Waals surface area contributed by atoms with Crippen molar-refractivity contribution in [3.8, 4) is 6.07 Å². The molecule has 118 valence electrons. The highest BCUT2D eigenvalue weighted by Gasteiger charge is 2.54. The van der Waals surface area contributed by atoms with Gasteiger partial charge >= 0.3 is 0 Å². The fraction of sp³-hybridized carbons (Fsp3) is 0.706. The number of likely N-dealkylation sites (tertiary alicyclic amines) is 1. The van der Waals surface area contributed by atoms with E-state index in [-0.39, 0.29) is 34.5 Å². The zero-order valence-corrected chi connectivity index (χ0v) is 13.4. The summed E-state index contributed by atoms with van der Waals surface area (Å²) in [5.74, 6) is 0.223. The van der Waals surface area contributed by atoms with Gasteiger partial charge in [-0.05, 0) is 12.3 Å². The number of carbonyl (C=O) groups is 2. The summed E-state index contributed by atoms with van der Waals surface area (Å²) in [6.45, 7) is 8.22. The molecule has 0 N–H and O–H groups in total. The molecule has 0 bridgehead atoms. The van der Waals surface area contributed by atoms with Crippen LogP contribution in [0.1, 0.15) is 27.2 Å². The van der Waals surface area contributed by atoms with E-state index in [4.69, 9.17) is 4.74 Å². The second kappa shape index (κ2) is 4.92. The average molecular weight is 302 g/mol. The molecule has 5 nitrogen and oxygen atoms in total. The molecule has 22 heavy (non-hydrogen) atoms. The Balaban J connectivity index is 1.90. The molecule has 5 heteroatoms. The molecular formula is C17H22N2O3. The van der Waals surface area contributed by atoms with Crippen LogP contribution in [0.3, 0.4) is 0 Å². The monoisotopic (exact) mass is 302 g/mol. The van der Waals surface area contributed by atoms with Gasteiger partial charge in [0, 0.05) is 23.9 Å². The van der Waals surface area contributed by atoms with Gasteiger partial charge < -0.3 is 9.64 Å². The maximum atomic E-state index is 12.5. The van der Waals surface area contributed by atoms with Crippen LogP contribution in [0.25, 0.3) is 0 Å². The zero-order chi connectivity index (χ0) is 16.1. The predicted octanol–water partition coefficient (Wildman–Crippen LogP) is 1.55. The quantitative estimate of drug-likeness (QED) is 0.737. The average Bonchev–Trinajstić information content (AvgIpc) is 2.40. The Morgan fingerprint density at radius 1 is 1.41 bits per heavy atom. The van der Waals surface area contributed by atoms with Crippen LogP contribution in [0.4, 0.5) is 0 Å². The Morgan fingerprint density at radius 2 is 2.09 bits per heavy atom. The normalized spacial score (nSPS) is 34.3. The highest BCUT2D eigenvalue weighted by molar-refractivity contribution is 6.04. The van der Waals surface area contributed by atoms with Gasteiger partial charge in [-0.3, -0.25) is 9.59 Å². The first-order chi connectivity index (χ1) is 10.3. The third-order valence-electron chi connectivity index (χ3n) is 5.61. The second-order valence-electron chi connectivity index (χ2n) is 7.56. The molecule has 3 aliphatic rings. The molecule has 2 atom stereocenters. The summed E-state index contributed by atoms with van der Waals surface area (Å²) in [7, 11) is 0. The van der Waals surface area contributed by atoms with E-state index in [2.05, 4.69) is 6.92 Å². The lowest BCUT2D eigenvalue weighted by molar-refractivity contribution is -0.156. The van der Waals surface area contributed by atoms with Crippen LogP contribution in [0.2, 0.25) is 0 Å². The van der Waals surface area contributed by atoms with Crippen molar-refractivity contribution in [3.63, 3.8) is 0 Å². The van der Waals surface area contributed by atoms with Gasteiger partial charge in [0.25, 0.3) is 0 Å². The minimum absolute atomic E-state index is 0.0159. The van der Waals surface area contributed by atoms with Crippen molar-refractivity contribution >= 4 is 11.7 Å². The topological polar surface area (TPSA) is 70.4 Å². The molecule has 2 fully saturated rings. The zero-order valence-electron chi connectivity index (χ0n) is 13.4. The minimum Gasteiger partial charge on any atom is -0.380 e. The first-order valence-corrected chi connectivity index (χ1v) is 7.84. The molecule has 0 saturated carbocycles. The van der Waals surface area contributed by atoms with E-state index in [0.717, 1.165) is 6.42 Å². The fourth-order valence-corrected chi connectivity index (χ4v) is 4.35. The number of hydrogen-bond donors (Lipinski definition) is 0. The Kier molecular flexibility index (Phi) is 3.41. The van der Waals surface area contributed by atoms with Crippen molar-refractivity contribution in [2.45, 2.75) is 27.2 Å². The SMILES string of the molecule is CC1(C)C(=O)C(C#N)=C[C@@]2(C)CN(C(=O)C3COC3)CCC12. The molecule has 2 saturated heterocycles. The molecule has 3 rings (SSSR count). The fourth-order valence-electron chi connectivity index (χ4n) is 4.35. The highest BCUT2D eigenvalue weighted by Crippen LogP contribution is 2.52. The molecule has 1 unspecified atom stereocenters. The highest BCUT2D eigenvalue weighted by atomic mass is 16.5. The Labute approximate surface area is 130 Å². The molecule has 1 aliphatic carbocycles. The summed E-state index contributed by atoms with van der Waals surface area (Å²) >= 11 is 0. The van der Waals surface area contributed by atoms with Crippen LogP contribution >= 0.6 is 0 Å². The number of ketones is 1. The van der Waals surface area contributed by atoms with Crippen LogP contribution < -0.4 is 0 Å². The first kappa shape index (κ1) is 15.2. The van der Waals surface area contributed by atoms with E-state index in [0.29, 0.717) is 26.3 Å². The van der Waals surface area contributed by atoms with Crippen LogP contribution in [0.5, 0.6) is 0 Å². The van der Waals surface area contributed by atoms with Gasteiger partial charge in [-0.2, -0.15) is 5.26 Å². The second-order valence-corrected chi connectivity index (χ2v) is 7.56. The largest absolute Gasteiger partial charge is 0.380 e. The smallest absolute Gasteiger partial charge is 0.230 e. The van der Waals surface area contributed by atoms with Gasteiger partial charge in [-0.1, -0.05) is 26.8 Å². The van der Waals surface area contributed by atoms with Crippen molar-refractivity contribution in [2.75, 3.05) is 26.3 Å². The summed E-state index contributed by atoms with van der Waals surface area (Å²) in [5, 5.41) is 9.27. The third-order valence-corrected chi connectivity index (χ3v) is 5.61. The summed E-state index contributed by atoms with van der Waals surface area (Å²) < 4.78 is 5.11. The summed E-state index contributed by atoms with van der Waals surface area (Å²) in [4.78, 5) is 26.8. The Hall–Kier alpha value is -1.67. The number of nitriles is 1. The van der Waals surface area contributed by atoms with Crippen LogP contribution in [0, 0.1) is 34.0 Å². The summed E-state index contributed by atoms with van der Waals surface area (Å²) in [5.41, 5.74) is -0.630. The van der Waals surface area contributed by atoms with Crippen molar-refractivity contribution in [1.29, 1.82) is 5.26 Å². The number of ether oxygens (including phenoxy) is 1. The standard InChI is InChI=1S/C17H22N2O3/c1-16(2)13-4-5-19(15(21)12-8-22-9-12)10-17(13,3)6-11(7-18)14(16)20/h6,12-13H,4-5,8-10H2,1-3H3/t13?,17-/m0/s1. The van der Waals surface area contributed by atoms with Gasteiger partial charge in [0.15, 0.2) is 5.78 Å². The lowest BCUT2D eigenvalue weighted by atomic mass is 9.55. The van der Waals surface area contributed by atoms with Gasteiger partial charge in [0.1, 0.15) is 6.07 Å². The summed E-state index contributed by atoms with van der Waals surface area (Å²) in [6.07, 6.45) is 2.60. The third kappa shape index (κ3) is 2.09. The van der Waals surface area contributed by atoms with Gasteiger partial charge in [-0.25, -0.2) is 0 Å². The molecule has 2 heterocycles. The van der Waals surface area contributed by atoms with Crippen LogP contribution in [-0.4, -0.2) is 42.9 Å². The van der Waals surface area contributed by atoms with Crippen molar-refractivity contribution in [2.24, 2.45) is 22.7 Å². The molecule has 0 aromatic rings.